The summed E-state index contributed by atoms with van der Waals surface area (Å²) in [6.45, 7) is 1.61. The zero-order valence-electron chi connectivity index (χ0n) is 17.1. The third-order valence-corrected chi connectivity index (χ3v) is 4.36. The number of carbonyl (C=O) groups is 3. The molecule has 0 radical (unpaired) electrons. The SMILES string of the molecule is COC(=O)c1cccc(NC(=O)/C=C/[C@H](CCc2ccccc2)NC(=O)[C@H](C)N)c1. The molecule has 0 heterocycles. The lowest BCUT2D eigenvalue weighted by Crippen LogP contribution is -2.43. The molecule has 0 aromatic heterocycles. The number of nitrogens with two attached hydrogens (primary N) is 1. The zero-order valence-corrected chi connectivity index (χ0v) is 17.1. The molecule has 0 unspecified atom stereocenters. The second-order valence-electron chi connectivity index (χ2n) is 6.85. The van der Waals surface area contributed by atoms with E-state index in [0.29, 0.717) is 17.7 Å². The summed E-state index contributed by atoms with van der Waals surface area (Å²) in [6.07, 6.45) is 4.35. The molecule has 0 saturated heterocycles. The molecule has 0 fully saturated rings. The van der Waals surface area contributed by atoms with Crippen LogP contribution in [0, 0.1) is 0 Å². The predicted octanol–water partition coefficient (Wildman–Crippen LogP) is 2.43. The largest absolute Gasteiger partial charge is 0.465 e. The summed E-state index contributed by atoms with van der Waals surface area (Å²) >= 11 is 0. The first kappa shape index (κ1) is 22.8. The quantitative estimate of drug-likeness (QED) is 0.435. The molecule has 2 amide bonds. The lowest BCUT2D eigenvalue weighted by Gasteiger charge is -2.17. The molecular weight excluding hydrogens is 382 g/mol. The topological polar surface area (TPSA) is 111 Å². The van der Waals surface area contributed by atoms with E-state index < -0.39 is 12.0 Å². The van der Waals surface area contributed by atoms with Crippen LogP contribution in [0.25, 0.3) is 0 Å². The van der Waals surface area contributed by atoms with Crippen molar-refractivity contribution >= 4 is 23.5 Å². The Labute approximate surface area is 176 Å². The highest BCUT2D eigenvalue weighted by molar-refractivity contribution is 6.00. The van der Waals surface area contributed by atoms with Crippen LogP contribution in [0.5, 0.6) is 0 Å². The first-order valence-electron chi connectivity index (χ1n) is 9.66. The summed E-state index contributed by atoms with van der Waals surface area (Å²) in [7, 11) is 1.29. The van der Waals surface area contributed by atoms with E-state index in [-0.39, 0.29) is 17.9 Å². The van der Waals surface area contributed by atoms with Crippen molar-refractivity contribution in [3.05, 3.63) is 77.9 Å². The maximum Gasteiger partial charge on any atom is 0.337 e. The fraction of sp³-hybridized carbons (Fsp3) is 0.261. The Morgan fingerprint density at radius 1 is 1.10 bits per heavy atom. The van der Waals surface area contributed by atoms with E-state index in [1.54, 1.807) is 31.2 Å². The highest BCUT2D eigenvalue weighted by atomic mass is 16.5. The van der Waals surface area contributed by atoms with Gasteiger partial charge in [-0.25, -0.2) is 4.79 Å². The van der Waals surface area contributed by atoms with Gasteiger partial charge in [-0.3, -0.25) is 9.59 Å². The minimum Gasteiger partial charge on any atom is -0.465 e. The van der Waals surface area contributed by atoms with Crippen molar-refractivity contribution in [1.29, 1.82) is 0 Å². The van der Waals surface area contributed by atoms with Gasteiger partial charge >= 0.3 is 5.97 Å². The van der Waals surface area contributed by atoms with Gasteiger partial charge in [0.05, 0.1) is 18.7 Å². The van der Waals surface area contributed by atoms with Gasteiger partial charge in [0.1, 0.15) is 0 Å². The third kappa shape index (κ3) is 7.52. The van der Waals surface area contributed by atoms with Crippen molar-refractivity contribution in [2.24, 2.45) is 5.73 Å². The monoisotopic (exact) mass is 409 g/mol. The lowest BCUT2D eigenvalue weighted by atomic mass is 10.0. The van der Waals surface area contributed by atoms with Crippen LogP contribution >= 0.6 is 0 Å². The number of rotatable bonds is 9. The van der Waals surface area contributed by atoms with Crippen molar-refractivity contribution < 1.29 is 19.1 Å². The highest BCUT2D eigenvalue weighted by Crippen LogP contribution is 2.12. The van der Waals surface area contributed by atoms with Crippen LogP contribution in [0.4, 0.5) is 5.69 Å². The van der Waals surface area contributed by atoms with Gasteiger partial charge in [0.25, 0.3) is 0 Å². The van der Waals surface area contributed by atoms with Crippen LogP contribution in [-0.4, -0.2) is 37.0 Å². The smallest absolute Gasteiger partial charge is 0.337 e. The first-order chi connectivity index (χ1) is 14.4. The number of hydrogen-bond donors (Lipinski definition) is 3. The van der Waals surface area contributed by atoms with E-state index in [1.165, 1.54) is 19.3 Å². The van der Waals surface area contributed by atoms with Crippen LogP contribution in [0.2, 0.25) is 0 Å². The molecule has 0 spiro atoms. The number of esters is 1. The van der Waals surface area contributed by atoms with Gasteiger partial charge in [-0.15, -0.1) is 0 Å². The zero-order chi connectivity index (χ0) is 21.9. The second kappa shape index (κ2) is 11.5. The normalized spacial score (nSPS) is 12.8. The maximum atomic E-state index is 12.3. The fourth-order valence-corrected chi connectivity index (χ4v) is 2.73. The molecule has 2 aromatic rings. The number of amides is 2. The standard InChI is InChI=1S/C23H27N3O4/c1-16(24)22(28)26-19(12-11-17-7-4-3-5-8-17)13-14-21(27)25-20-10-6-9-18(15-20)23(29)30-2/h3-10,13-16,19H,11-12,24H2,1-2H3,(H,25,27)(H,26,28)/b14-13+/t16-,19-/m0/s1. The summed E-state index contributed by atoms with van der Waals surface area (Å²) in [5.41, 5.74) is 7.58. The van der Waals surface area contributed by atoms with E-state index in [0.717, 1.165) is 12.0 Å². The molecule has 4 N–H and O–H groups in total. The number of carbonyl (C=O) groups excluding carboxylic acids is 3. The first-order valence-corrected chi connectivity index (χ1v) is 9.66. The summed E-state index contributed by atoms with van der Waals surface area (Å²) in [5.74, 6) is -1.15. The fourth-order valence-electron chi connectivity index (χ4n) is 2.73. The van der Waals surface area contributed by atoms with Gasteiger partial charge < -0.3 is 21.1 Å². The van der Waals surface area contributed by atoms with Crippen LogP contribution in [0.3, 0.4) is 0 Å². The molecule has 2 rings (SSSR count). The summed E-state index contributed by atoms with van der Waals surface area (Å²) in [4.78, 5) is 35.9. The number of hydrogen-bond acceptors (Lipinski definition) is 5. The summed E-state index contributed by atoms with van der Waals surface area (Å²) in [6, 6.07) is 15.3. The molecule has 158 valence electrons. The van der Waals surface area contributed by atoms with Crippen molar-refractivity contribution in [1.82, 2.24) is 5.32 Å². The molecule has 7 nitrogen and oxygen atoms in total. The van der Waals surface area contributed by atoms with Gasteiger partial charge in [0, 0.05) is 17.8 Å². The molecule has 2 aromatic carbocycles. The Hall–Kier alpha value is -3.45. The molecule has 7 heteroatoms. The Morgan fingerprint density at radius 3 is 2.50 bits per heavy atom. The Balaban J connectivity index is 2.02. The number of benzene rings is 2. The van der Waals surface area contributed by atoms with E-state index in [9.17, 15) is 14.4 Å². The van der Waals surface area contributed by atoms with E-state index in [2.05, 4.69) is 15.4 Å². The van der Waals surface area contributed by atoms with Crippen LogP contribution in [0.15, 0.2) is 66.7 Å². The second-order valence-corrected chi connectivity index (χ2v) is 6.85. The van der Waals surface area contributed by atoms with Crippen LogP contribution in [0.1, 0.15) is 29.3 Å². The number of ether oxygens (including phenoxy) is 1. The van der Waals surface area contributed by atoms with Crippen LogP contribution < -0.4 is 16.4 Å². The Morgan fingerprint density at radius 2 is 1.83 bits per heavy atom. The average molecular weight is 409 g/mol. The molecular formula is C23H27N3O4. The van der Waals surface area contributed by atoms with Gasteiger partial charge in [-0.05, 0) is 43.5 Å². The maximum absolute atomic E-state index is 12.3. The number of nitrogens with one attached hydrogen (secondary N) is 2. The van der Waals surface area contributed by atoms with Gasteiger partial charge in [0.2, 0.25) is 11.8 Å². The molecule has 0 aliphatic rings. The molecule has 2 atom stereocenters. The van der Waals surface area contributed by atoms with E-state index in [4.69, 9.17) is 5.73 Å². The predicted molar refractivity (Wildman–Crippen MR) is 116 cm³/mol. The van der Waals surface area contributed by atoms with E-state index in [1.807, 2.05) is 30.3 Å². The summed E-state index contributed by atoms with van der Waals surface area (Å²) in [5, 5.41) is 5.54. The number of anilines is 1. The average Bonchev–Trinajstić information content (AvgIpc) is 2.75. The van der Waals surface area contributed by atoms with Gasteiger partial charge in [-0.2, -0.15) is 0 Å². The number of aryl methyl sites for hydroxylation is 1. The Bertz CT molecular complexity index is 894. The molecule has 30 heavy (non-hydrogen) atoms. The molecule has 0 bridgehead atoms. The van der Waals surface area contributed by atoms with Gasteiger partial charge in [-0.1, -0.05) is 42.5 Å². The van der Waals surface area contributed by atoms with Crippen LogP contribution in [-0.2, 0) is 20.7 Å². The minimum absolute atomic E-state index is 0.288. The molecule has 0 aliphatic carbocycles. The molecule has 0 aliphatic heterocycles. The van der Waals surface area contributed by atoms with Gasteiger partial charge in [0.15, 0.2) is 0 Å². The third-order valence-electron chi connectivity index (χ3n) is 4.36. The van der Waals surface area contributed by atoms with Crippen molar-refractivity contribution in [3.63, 3.8) is 0 Å². The minimum atomic E-state index is -0.646. The number of methoxy groups -OCH3 is 1. The Kier molecular flexibility index (Phi) is 8.77. The lowest BCUT2D eigenvalue weighted by molar-refractivity contribution is -0.122. The van der Waals surface area contributed by atoms with Crippen molar-refractivity contribution in [2.45, 2.75) is 31.8 Å². The van der Waals surface area contributed by atoms with Crippen molar-refractivity contribution in [2.75, 3.05) is 12.4 Å². The summed E-state index contributed by atoms with van der Waals surface area (Å²) < 4.78 is 4.68. The molecule has 0 saturated carbocycles. The highest BCUT2D eigenvalue weighted by Gasteiger charge is 2.13. The van der Waals surface area contributed by atoms with Crippen molar-refractivity contribution in [3.8, 4) is 0 Å². The van der Waals surface area contributed by atoms with E-state index >= 15 is 0 Å².